The third-order valence-electron chi connectivity index (χ3n) is 2.77. The molecule has 2 aromatic carbocycles. The van der Waals surface area contributed by atoms with Crippen LogP contribution in [0.3, 0.4) is 0 Å². The number of hydrogen-bond acceptors (Lipinski definition) is 4. The van der Waals surface area contributed by atoms with Crippen molar-refractivity contribution in [3.63, 3.8) is 0 Å². The summed E-state index contributed by atoms with van der Waals surface area (Å²) in [6.45, 7) is 0. The predicted octanol–water partition coefficient (Wildman–Crippen LogP) is 3.53. The molecule has 0 aliphatic rings. The lowest BCUT2D eigenvalue weighted by Crippen LogP contribution is -2.15. The lowest BCUT2D eigenvalue weighted by Gasteiger charge is -2.06. The van der Waals surface area contributed by atoms with Gasteiger partial charge in [-0.1, -0.05) is 0 Å². The van der Waals surface area contributed by atoms with E-state index in [0.717, 1.165) is 24.3 Å². The fourth-order valence-corrected chi connectivity index (χ4v) is 1.67. The first-order chi connectivity index (χ1) is 11.3. The summed E-state index contributed by atoms with van der Waals surface area (Å²) in [4.78, 5) is 23.0. The van der Waals surface area contributed by atoms with Gasteiger partial charge in [-0.05, 0) is 24.3 Å². The quantitative estimate of drug-likeness (QED) is 0.474. The van der Waals surface area contributed by atoms with Gasteiger partial charge in [0, 0.05) is 12.1 Å². The fraction of sp³-hybridized carbons (Fsp3) is 0.125. The van der Waals surface area contributed by atoms with Crippen LogP contribution >= 0.6 is 0 Å². The third-order valence-corrected chi connectivity index (χ3v) is 2.77. The molecule has 0 aliphatic heterocycles. The molecule has 0 heterocycles. The Hall–Kier alpha value is -2.90. The Balaban J connectivity index is 1.85. The predicted molar refractivity (Wildman–Crippen MR) is 73.2 cm³/mol. The molecule has 2 rings (SSSR count). The minimum atomic E-state index is -1.07. The van der Waals surface area contributed by atoms with Gasteiger partial charge in [0.25, 0.3) is 0 Å². The standard InChI is InChI=1S/C16H10F4O4/c17-9-1-3-13(11(19)7-9)23-15(21)5-6-16(22)24-14-4-2-10(18)8-12(14)20/h1-4,7-8H,5-6H2. The molecule has 0 radical (unpaired) electrons. The van der Waals surface area contributed by atoms with Gasteiger partial charge in [0.1, 0.15) is 11.6 Å². The third kappa shape index (κ3) is 4.80. The molecule has 24 heavy (non-hydrogen) atoms. The van der Waals surface area contributed by atoms with E-state index in [1.54, 1.807) is 0 Å². The second-order valence-electron chi connectivity index (χ2n) is 4.60. The van der Waals surface area contributed by atoms with Crippen molar-refractivity contribution in [3.8, 4) is 11.5 Å². The molecule has 126 valence electrons. The molecule has 0 aliphatic carbocycles. The molecule has 4 nitrogen and oxygen atoms in total. The van der Waals surface area contributed by atoms with Crippen LogP contribution in [0.2, 0.25) is 0 Å². The highest BCUT2D eigenvalue weighted by Crippen LogP contribution is 2.20. The first kappa shape index (κ1) is 17.5. The lowest BCUT2D eigenvalue weighted by atomic mass is 10.3. The molecule has 2 aromatic rings. The Bertz CT molecular complexity index is 711. The summed E-state index contributed by atoms with van der Waals surface area (Å²) < 4.78 is 61.3. The van der Waals surface area contributed by atoms with Gasteiger partial charge >= 0.3 is 11.9 Å². The molecule has 0 aromatic heterocycles. The van der Waals surface area contributed by atoms with Crippen LogP contribution in [0.15, 0.2) is 36.4 Å². The maximum Gasteiger partial charge on any atom is 0.311 e. The monoisotopic (exact) mass is 342 g/mol. The average Bonchev–Trinajstić information content (AvgIpc) is 2.51. The van der Waals surface area contributed by atoms with Gasteiger partial charge in [-0.3, -0.25) is 9.59 Å². The van der Waals surface area contributed by atoms with Crippen LogP contribution < -0.4 is 9.47 Å². The van der Waals surface area contributed by atoms with Crippen molar-refractivity contribution >= 4 is 11.9 Å². The minimum Gasteiger partial charge on any atom is -0.423 e. The van der Waals surface area contributed by atoms with E-state index in [4.69, 9.17) is 0 Å². The van der Waals surface area contributed by atoms with Gasteiger partial charge < -0.3 is 9.47 Å². The van der Waals surface area contributed by atoms with E-state index in [9.17, 15) is 27.2 Å². The number of esters is 2. The normalized spacial score (nSPS) is 10.3. The second-order valence-corrected chi connectivity index (χ2v) is 4.60. The van der Waals surface area contributed by atoms with Gasteiger partial charge in [-0.2, -0.15) is 0 Å². The molecule has 0 saturated heterocycles. The van der Waals surface area contributed by atoms with E-state index >= 15 is 0 Å². The Morgan fingerprint density at radius 3 is 1.42 bits per heavy atom. The topological polar surface area (TPSA) is 52.6 Å². The Morgan fingerprint density at radius 1 is 0.708 bits per heavy atom. The zero-order valence-corrected chi connectivity index (χ0v) is 12.0. The number of hydrogen-bond donors (Lipinski definition) is 0. The van der Waals surface area contributed by atoms with Crippen LogP contribution in [-0.4, -0.2) is 11.9 Å². The van der Waals surface area contributed by atoms with Gasteiger partial charge in [-0.15, -0.1) is 0 Å². The summed E-state index contributed by atoms with van der Waals surface area (Å²) in [6.07, 6.45) is -0.947. The number of rotatable bonds is 5. The highest BCUT2D eigenvalue weighted by Gasteiger charge is 2.15. The van der Waals surface area contributed by atoms with Crippen molar-refractivity contribution in [1.29, 1.82) is 0 Å². The molecule has 0 saturated carbocycles. The summed E-state index contributed by atoms with van der Waals surface area (Å²) >= 11 is 0. The largest absolute Gasteiger partial charge is 0.423 e. The molecule has 0 amide bonds. The molecular formula is C16H10F4O4. The Labute approximate surface area is 133 Å². The number of carbonyl (C=O) groups excluding carboxylic acids is 2. The second kappa shape index (κ2) is 7.58. The zero-order chi connectivity index (χ0) is 17.7. The highest BCUT2D eigenvalue weighted by molar-refractivity contribution is 5.80. The van der Waals surface area contributed by atoms with Crippen molar-refractivity contribution in [3.05, 3.63) is 59.7 Å². The number of carbonyl (C=O) groups is 2. The Kier molecular flexibility index (Phi) is 5.51. The van der Waals surface area contributed by atoms with E-state index in [1.165, 1.54) is 0 Å². The first-order valence-corrected chi connectivity index (χ1v) is 6.66. The highest BCUT2D eigenvalue weighted by atomic mass is 19.1. The Morgan fingerprint density at radius 2 is 1.08 bits per heavy atom. The SMILES string of the molecule is O=C(CCC(=O)Oc1ccc(F)cc1F)Oc1ccc(F)cc1F. The molecule has 0 atom stereocenters. The van der Waals surface area contributed by atoms with Crippen LogP contribution in [-0.2, 0) is 9.59 Å². The molecule has 0 fully saturated rings. The van der Waals surface area contributed by atoms with Crippen LogP contribution in [0.25, 0.3) is 0 Å². The van der Waals surface area contributed by atoms with Crippen molar-refractivity contribution in [2.24, 2.45) is 0 Å². The lowest BCUT2D eigenvalue weighted by molar-refractivity contribution is -0.140. The van der Waals surface area contributed by atoms with Crippen LogP contribution in [0, 0.1) is 23.3 Å². The number of ether oxygens (including phenoxy) is 2. The maximum absolute atomic E-state index is 13.3. The van der Waals surface area contributed by atoms with Crippen molar-refractivity contribution in [1.82, 2.24) is 0 Å². The molecular weight excluding hydrogens is 332 g/mol. The first-order valence-electron chi connectivity index (χ1n) is 6.66. The molecule has 0 unspecified atom stereocenters. The van der Waals surface area contributed by atoms with E-state index in [2.05, 4.69) is 9.47 Å². The van der Waals surface area contributed by atoms with E-state index < -0.39 is 59.5 Å². The number of halogens is 4. The van der Waals surface area contributed by atoms with Gasteiger partial charge in [0.2, 0.25) is 0 Å². The van der Waals surface area contributed by atoms with E-state index in [1.807, 2.05) is 0 Å². The molecule has 0 N–H and O–H groups in total. The van der Waals surface area contributed by atoms with Gasteiger partial charge in [0.05, 0.1) is 12.8 Å². The maximum atomic E-state index is 13.3. The van der Waals surface area contributed by atoms with Gasteiger partial charge in [0.15, 0.2) is 23.1 Å². The summed E-state index contributed by atoms with van der Waals surface area (Å²) in [5.74, 6) is -6.71. The van der Waals surface area contributed by atoms with E-state index in [-0.39, 0.29) is 0 Å². The van der Waals surface area contributed by atoms with Crippen LogP contribution in [0.4, 0.5) is 17.6 Å². The zero-order valence-electron chi connectivity index (χ0n) is 12.0. The average molecular weight is 342 g/mol. The summed E-state index contributed by atoms with van der Waals surface area (Å²) in [5.41, 5.74) is 0. The molecule has 0 bridgehead atoms. The van der Waals surface area contributed by atoms with Gasteiger partial charge in [-0.25, -0.2) is 17.6 Å². The molecule has 0 spiro atoms. The minimum absolute atomic E-state index is 0.474. The summed E-state index contributed by atoms with van der Waals surface area (Å²) in [5, 5.41) is 0. The summed E-state index contributed by atoms with van der Waals surface area (Å²) in [6, 6.07) is 4.72. The van der Waals surface area contributed by atoms with Crippen molar-refractivity contribution in [2.75, 3.05) is 0 Å². The van der Waals surface area contributed by atoms with Crippen molar-refractivity contribution in [2.45, 2.75) is 12.8 Å². The summed E-state index contributed by atoms with van der Waals surface area (Å²) in [7, 11) is 0. The smallest absolute Gasteiger partial charge is 0.311 e. The van der Waals surface area contributed by atoms with Crippen molar-refractivity contribution < 1.29 is 36.6 Å². The fourth-order valence-electron chi connectivity index (χ4n) is 1.67. The van der Waals surface area contributed by atoms with E-state index in [0.29, 0.717) is 12.1 Å². The van der Waals surface area contributed by atoms with Crippen LogP contribution in [0.5, 0.6) is 11.5 Å². The number of benzene rings is 2. The van der Waals surface area contributed by atoms with Crippen LogP contribution in [0.1, 0.15) is 12.8 Å². The molecule has 8 heteroatoms.